The van der Waals surface area contributed by atoms with Gasteiger partial charge in [-0.05, 0) is 36.8 Å². The van der Waals surface area contributed by atoms with Gasteiger partial charge in [-0.25, -0.2) is 9.18 Å². The van der Waals surface area contributed by atoms with E-state index in [0.29, 0.717) is 6.54 Å². The summed E-state index contributed by atoms with van der Waals surface area (Å²) < 4.78 is 13.7. The average Bonchev–Trinajstić information content (AvgIpc) is 2.45. The predicted molar refractivity (Wildman–Crippen MR) is 76.5 cm³/mol. The number of hydrogen-bond donors (Lipinski definition) is 1. The lowest BCUT2D eigenvalue weighted by atomic mass is 10.1. The maximum atomic E-state index is 13.7. The molecule has 0 heterocycles. The van der Waals surface area contributed by atoms with Crippen LogP contribution in [0.15, 0.2) is 48.5 Å². The molecule has 0 saturated heterocycles. The van der Waals surface area contributed by atoms with Gasteiger partial charge in [0.2, 0.25) is 0 Å². The summed E-state index contributed by atoms with van der Waals surface area (Å²) in [5.41, 5.74) is 1.51. The summed E-state index contributed by atoms with van der Waals surface area (Å²) in [7, 11) is 0. The highest BCUT2D eigenvalue weighted by Crippen LogP contribution is 2.18. The lowest BCUT2D eigenvalue weighted by Gasteiger charge is -2.23. The minimum atomic E-state index is -1.25. The van der Waals surface area contributed by atoms with Crippen molar-refractivity contribution in [3.05, 3.63) is 65.5 Å². The molecule has 0 bridgehead atoms. The van der Waals surface area contributed by atoms with E-state index >= 15 is 0 Å². The molecule has 0 unspecified atom stereocenters. The van der Waals surface area contributed by atoms with E-state index in [0.717, 1.165) is 17.8 Å². The highest BCUT2D eigenvalue weighted by molar-refractivity contribution is 5.87. The minimum Gasteiger partial charge on any atom is -0.478 e. The molecule has 0 atom stereocenters. The number of carboxylic acids is 1. The number of carboxylic acid groups (broad SMARTS) is 1. The zero-order chi connectivity index (χ0) is 14.5. The van der Waals surface area contributed by atoms with Crippen LogP contribution in [0.3, 0.4) is 0 Å². The molecule has 4 heteroatoms. The summed E-state index contributed by atoms with van der Waals surface area (Å²) in [6.45, 7) is 3.35. The van der Waals surface area contributed by atoms with Crippen LogP contribution in [0.5, 0.6) is 0 Å². The number of hydrogen-bond acceptors (Lipinski definition) is 2. The number of halogens is 1. The van der Waals surface area contributed by atoms with Gasteiger partial charge in [-0.3, -0.25) is 0 Å². The number of aromatic carboxylic acids is 1. The Morgan fingerprint density at radius 1 is 1.20 bits per heavy atom. The molecule has 0 spiro atoms. The van der Waals surface area contributed by atoms with Gasteiger partial charge in [0.1, 0.15) is 5.82 Å². The van der Waals surface area contributed by atoms with Gasteiger partial charge < -0.3 is 10.0 Å². The SMILES string of the molecule is CCN(Cc1ccc(C(=O)O)c(F)c1)c1ccccc1. The molecule has 0 saturated carbocycles. The number of para-hydroxylation sites is 1. The third-order valence-corrected chi connectivity index (χ3v) is 3.14. The van der Waals surface area contributed by atoms with Crippen molar-refractivity contribution in [1.29, 1.82) is 0 Å². The van der Waals surface area contributed by atoms with E-state index in [4.69, 9.17) is 5.11 Å². The summed E-state index contributed by atoms with van der Waals surface area (Å²) in [6.07, 6.45) is 0. The molecule has 0 amide bonds. The van der Waals surface area contributed by atoms with Crippen LogP contribution < -0.4 is 4.90 Å². The molecular weight excluding hydrogens is 257 g/mol. The van der Waals surface area contributed by atoms with E-state index < -0.39 is 11.8 Å². The van der Waals surface area contributed by atoms with Gasteiger partial charge in [-0.15, -0.1) is 0 Å². The fourth-order valence-corrected chi connectivity index (χ4v) is 2.08. The third kappa shape index (κ3) is 3.15. The van der Waals surface area contributed by atoms with Crippen LogP contribution in [0.25, 0.3) is 0 Å². The van der Waals surface area contributed by atoms with Crippen molar-refractivity contribution in [3.63, 3.8) is 0 Å². The summed E-state index contributed by atoms with van der Waals surface area (Å²) in [4.78, 5) is 12.9. The van der Waals surface area contributed by atoms with Crippen molar-refractivity contribution < 1.29 is 14.3 Å². The van der Waals surface area contributed by atoms with E-state index in [1.54, 1.807) is 6.07 Å². The third-order valence-electron chi connectivity index (χ3n) is 3.14. The second-order valence-corrected chi connectivity index (χ2v) is 4.47. The number of benzene rings is 2. The van der Waals surface area contributed by atoms with Crippen molar-refractivity contribution in [2.45, 2.75) is 13.5 Å². The Kier molecular flexibility index (Phi) is 4.35. The number of anilines is 1. The maximum absolute atomic E-state index is 13.7. The molecule has 104 valence electrons. The molecule has 0 aliphatic rings. The topological polar surface area (TPSA) is 40.5 Å². The molecule has 20 heavy (non-hydrogen) atoms. The van der Waals surface area contributed by atoms with E-state index in [1.165, 1.54) is 12.1 Å². The molecule has 3 nitrogen and oxygen atoms in total. The molecule has 2 rings (SSSR count). The van der Waals surface area contributed by atoms with Crippen molar-refractivity contribution in [3.8, 4) is 0 Å². The average molecular weight is 273 g/mol. The predicted octanol–water partition coefficient (Wildman–Crippen LogP) is 3.55. The Morgan fingerprint density at radius 3 is 2.45 bits per heavy atom. The Morgan fingerprint density at radius 2 is 1.90 bits per heavy atom. The normalized spacial score (nSPS) is 10.3. The molecule has 0 aliphatic heterocycles. The highest BCUT2D eigenvalue weighted by atomic mass is 19.1. The van der Waals surface area contributed by atoms with Gasteiger partial charge in [0.25, 0.3) is 0 Å². The van der Waals surface area contributed by atoms with Crippen LogP contribution >= 0.6 is 0 Å². The standard InChI is InChI=1S/C16H16FNO2/c1-2-18(13-6-4-3-5-7-13)11-12-8-9-14(16(19)20)15(17)10-12/h3-10H,2,11H2,1H3,(H,19,20). The fraction of sp³-hybridized carbons (Fsp3) is 0.188. The quantitative estimate of drug-likeness (QED) is 0.905. The second-order valence-electron chi connectivity index (χ2n) is 4.47. The van der Waals surface area contributed by atoms with E-state index in [1.807, 2.05) is 37.3 Å². The lowest BCUT2D eigenvalue weighted by molar-refractivity contribution is 0.0692. The van der Waals surface area contributed by atoms with Gasteiger partial charge in [-0.1, -0.05) is 24.3 Å². The van der Waals surface area contributed by atoms with Crippen molar-refractivity contribution in [2.75, 3.05) is 11.4 Å². The fourth-order valence-electron chi connectivity index (χ4n) is 2.08. The summed E-state index contributed by atoms with van der Waals surface area (Å²) in [5.74, 6) is -1.94. The zero-order valence-electron chi connectivity index (χ0n) is 11.2. The van der Waals surface area contributed by atoms with E-state index in [9.17, 15) is 9.18 Å². The highest BCUT2D eigenvalue weighted by Gasteiger charge is 2.12. The number of carbonyl (C=O) groups is 1. The van der Waals surface area contributed by atoms with Crippen molar-refractivity contribution in [1.82, 2.24) is 0 Å². The van der Waals surface area contributed by atoms with Gasteiger partial charge in [0.05, 0.1) is 5.56 Å². The van der Waals surface area contributed by atoms with E-state index in [2.05, 4.69) is 4.90 Å². The van der Waals surface area contributed by atoms with E-state index in [-0.39, 0.29) is 5.56 Å². The molecular formula is C16H16FNO2. The van der Waals surface area contributed by atoms with Crippen LogP contribution in [-0.2, 0) is 6.54 Å². The smallest absolute Gasteiger partial charge is 0.338 e. The Hall–Kier alpha value is -2.36. The van der Waals surface area contributed by atoms with Crippen molar-refractivity contribution in [2.24, 2.45) is 0 Å². The van der Waals surface area contributed by atoms with Gasteiger partial charge in [0, 0.05) is 18.8 Å². The molecule has 2 aromatic carbocycles. The first kappa shape index (κ1) is 14.1. The summed E-state index contributed by atoms with van der Waals surface area (Å²) >= 11 is 0. The first-order chi connectivity index (χ1) is 9.61. The van der Waals surface area contributed by atoms with Crippen LogP contribution in [-0.4, -0.2) is 17.6 Å². The molecule has 0 radical (unpaired) electrons. The first-order valence-corrected chi connectivity index (χ1v) is 6.43. The summed E-state index contributed by atoms with van der Waals surface area (Å²) in [5, 5.41) is 8.81. The van der Waals surface area contributed by atoms with Crippen LogP contribution in [0.2, 0.25) is 0 Å². The zero-order valence-corrected chi connectivity index (χ0v) is 11.2. The molecule has 0 aliphatic carbocycles. The van der Waals surface area contributed by atoms with Gasteiger partial charge >= 0.3 is 5.97 Å². The van der Waals surface area contributed by atoms with Crippen molar-refractivity contribution >= 4 is 11.7 Å². The summed E-state index contributed by atoms with van der Waals surface area (Å²) in [6, 6.07) is 14.1. The molecule has 1 N–H and O–H groups in total. The number of nitrogens with zero attached hydrogens (tertiary/aromatic N) is 1. The molecule has 2 aromatic rings. The Bertz CT molecular complexity index is 599. The Labute approximate surface area is 117 Å². The molecule has 0 aromatic heterocycles. The second kappa shape index (κ2) is 6.19. The van der Waals surface area contributed by atoms with Gasteiger partial charge in [-0.2, -0.15) is 0 Å². The molecule has 0 fully saturated rings. The van der Waals surface area contributed by atoms with Crippen LogP contribution in [0.4, 0.5) is 10.1 Å². The monoisotopic (exact) mass is 273 g/mol. The van der Waals surface area contributed by atoms with Crippen LogP contribution in [0.1, 0.15) is 22.8 Å². The van der Waals surface area contributed by atoms with Crippen LogP contribution in [0, 0.1) is 5.82 Å². The number of rotatable bonds is 5. The maximum Gasteiger partial charge on any atom is 0.338 e. The minimum absolute atomic E-state index is 0.295. The Balaban J connectivity index is 2.20. The largest absolute Gasteiger partial charge is 0.478 e. The van der Waals surface area contributed by atoms with Gasteiger partial charge in [0.15, 0.2) is 0 Å². The first-order valence-electron chi connectivity index (χ1n) is 6.43. The lowest BCUT2D eigenvalue weighted by Crippen LogP contribution is -2.22.